The van der Waals surface area contributed by atoms with Gasteiger partial charge in [0.1, 0.15) is 0 Å². The standard InChI is InChI=1S/C9H17N3O/c1-7-9(6-11-12(7)3)8(2)13-5-4-10/h6,8H,4-5,10H2,1-3H3/t8-/m1/s1. The highest BCUT2D eigenvalue weighted by atomic mass is 16.5. The van der Waals surface area contributed by atoms with Crippen LogP contribution in [0.25, 0.3) is 0 Å². The van der Waals surface area contributed by atoms with Crippen molar-refractivity contribution in [3.05, 3.63) is 17.5 Å². The fourth-order valence-corrected chi connectivity index (χ4v) is 1.25. The second kappa shape index (κ2) is 4.39. The summed E-state index contributed by atoms with van der Waals surface area (Å²) < 4.78 is 7.34. The van der Waals surface area contributed by atoms with Crippen LogP contribution in [0.1, 0.15) is 24.3 Å². The number of ether oxygens (including phenoxy) is 1. The van der Waals surface area contributed by atoms with Gasteiger partial charge in [0.05, 0.1) is 18.9 Å². The van der Waals surface area contributed by atoms with Gasteiger partial charge in [-0.2, -0.15) is 5.10 Å². The number of rotatable bonds is 4. The minimum atomic E-state index is 0.0808. The zero-order chi connectivity index (χ0) is 9.84. The van der Waals surface area contributed by atoms with E-state index >= 15 is 0 Å². The second-order valence-electron chi connectivity index (χ2n) is 3.11. The van der Waals surface area contributed by atoms with Gasteiger partial charge in [-0.25, -0.2) is 0 Å². The molecule has 4 nitrogen and oxygen atoms in total. The SMILES string of the molecule is Cc1c([C@@H](C)OCCN)cnn1C. The van der Waals surface area contributed by atoms with E-state index in [-0.39, 0.29) is 6.10 Å². The molecule has 1 atom stereocenters. The van der Waals surface area contributed by atoms with Crippen molar-refractivity contribution >= 4 is 0 Å². The third-order valence-electron chi connectivity index (χ3n) is 2.20. The molecule has 0 amide bonds. The van der Waals surface area contributed by atoms with Crippen molar-refractivity contribution in [2.45, 2.75) is 20.0 Å². The summed E-state index contributed by atoms with van der Waals surface area (Å²) in [7, 11) is 1.93. The summed E-state index contributed by atoms with van der Waals surface area (Å²) in [5.41, 5.74) is 7.63. The van der Waals surface area contributed by atoms with E-state index in [0.29, 0.717) is 13.2 Å². The third-order valence-corrected chi connectivity index (χ3v) is 2.20. The molecular weight excluding hydrogens is 166 g/mol. The van der Waals surface area contributed by atoms with Crippen LogP contribution in [0, 0.1) is 6.92 Å². The van der Waals surface area contributed by atoms with Crippen LogP contribution in [0.5, 0.6) is 0 Å². The van der Waals surface area contributed by atoms with Gasteiger partial charge in [-0.05, 0) is 13.8 Å². The van der Waals surface area contributed by atoms with Crippen LogP contribution in [-0.2, 0) is 11.8 Å². The molecule has 13 heavy (non-hydrogen) atoms. The monoisotopic (exact) mass is 183 g/mol. The first-order valence-corrected chi connectivity index (χ1v) is 4.47. The molecular formula is C9H17N3O. The van der Waals surface area contributed by atoms with Gasteiger partial charge in [-0.3, -0.25) is 4.68 Å². The smallest absolute Gasteiger partial charge is 0.0830 e. The van der Waals surface area contributed by atoms with Crippen molar-refractivity contribution in [3.8, 4) is 0 Å². The van der Waals surface area contributed by atoms with Gasteiger partial charge in [-0.15, -0.1) is 0 Å². The fourth-order valence-electron chi connectivity index (χ4n) is 1.25. The van der Waals surface area contributed by atoms with Crippen LogP contribution in [0.4, 0.5) is 0 Å². The number of aromatic nitrogens is 2. The Balaban J connectivity index is 2.65. The summed E-state index contributed by atoms with van der Waals surface area (Å²) in [5.74, 6) is 0. The molecule has 1 rings (SSSR count). The topological polar surface area (TPSA) is 53.1 Å². The third kappa shape index (κ3) is 2.29. The first kappa shape index (κ1) is 10.2. The fraction of sp³-hybridized carbons (Fsp3) is 0.667. The lowest BCUT2D eigenvalue weighted by atomic mass is 10.2. The lowest BCUT2D eigenvalue weighted by Gasteiger charge is -2.11. The Kier molecular flexibility index (Phi) is 3.45. The summed E-state index contributed by atoms with van der Waals surface area (Å²) in [6, 6.07) is 0. The van der Waals surface area contributed by atoms with Crippen molar-refractivity contribution in [2.24, 2.45) is 12.8 Å². The quantitative estimate of drug-likeness (QED) is 0.750. The Bertz CT molecular complexity index is 270. The first-order chi connectivity index (χ1) is 6.16. The van der Waals surface area contributed by atoms with Gasteiger partial charge in [0.2, 0.25) is 0 Å². The van der Waals surface area contributed by atoms with Crippen molar-refractivity contribution in [1.82, 2.24) is 9.78 Å². The van der Waals surface area contributed by atoms with E-state index in [9.17, 15) is 0 Å². The number of nitrogens with two attached hydrogens (primary N) is 1. The van der Waals surface area contributed by atoms with Crippen LogP contribution in [-0.4, -0.2) is 22.9 Å². The van der Waals surface area contributed by atoms with E-state index < -0.39 is 0 Å². The van der Waals surface area contributed by atoms with Crippen molar-refractivity contribution in [1.29, 1.82) is 0 Å². The van der Waals surface area contributed by atoms with E-state index in [0.717, 1.165) is 11.3 Å². The van der Waals surface area contributed by atoms with Crippen LogP contribution in [0.2, 0.25) is 0 Å². The molecule has 0 radical (unpaired) electrons. The van der Waals surface area contributed by atoms with Crippen molar-refractivity contribution < 1.29 is 4.74 Å². The molecule has 0 bridgehead atoms. The molecule has 1 heterocycles. The van der Waals surface area contributed by atoms with Crippen molar-refractivity contribution in [2.75, 3.05) is 13.2 Å². The molecule has 1 aromatic rings. The normalized spacial score (nSPS) is 13.2. The molecule has 0 spiro atoms. The Morgan fingerprint density at radius 3 is 2.85 bits per heavy atom. The Morgan fingerprint density at radius 2 is 2.38 bits per heavy atom. The van der Waals surface area contributed by atoms with Crippen LogP contribution in [0.3, 0.4) is 0 Å². The molecule has 74 valence electrons. The summed E-state index contributed by atoms with van der Waals surface area (Å²) in [5, 5.41) is 4.15. The molecule has 1 aromatic heterocycles. The van der Waals surface area contributed by atoms with E-state index in [4.69, 9.17) is 10.5 Å². The summed E-state index contributed by atoms with van der Waals surface area (Å²) in [6.07, 6.45) is 1.92. The summed E-state index contributed by atoms with van der Waals surface area (Å²) in [6.45, 7) is 5.20. The maximum Gasteiger partial charge on any atom is 0.0830 e. The average molecular weight is 183 g/mol. The highest BCUT2D eigenvalue weighted by molar-refractivity contribution is 5.18. The lowest BCUT2D eigenvalue weighted by Crippen LogP contribution is -2.11. The van der Waals surface area contributed by atoms with Gasteiger partial charge in [0.25, 0.3) is 0 Å². The Labute approximate surface area is 78.7 Å². The zero-order valence-electron chi connectivity index (χ0n) is 8.45. The van der Waals surface area contributed by atoms with E-state index in [1.54, 1.807) is 0 Å². The van der Waals surface area contributed by atoms with Gasteiger partial charge in [0.15, 0.2) is 0 Å². The minimum absolute atomic E-state index is 0.0808. The number of aryl methyl sites for hydroxylation is 1. The summed E-state index contributed by atoms with van der Waals surface area (Å²) >= 11 is 0. The van der Waals surface area contributed by atoms with Crippen LogP contribution < -0.4 is 5.73 Å². The number of hydrogen-bond donors (Lipinski definition) is 1. The molecule has 0 aliphatic heterocycles. The Hall–Kier alpha value is -0.870. The van der Waals surface area contributed by atoms with Gasteiger partial charge in [0, 0.05) is 24.8 Å². The van der Waals surface area contributed by atoms with E-state index in [1.165, 1.54) is 0 Å². The predicted octanol–water partition coefficient (Wildman–Crippen LogP) is 0.765. The van der Waals surface area contributed by atoms with E-state index in [2.05, 4.69) is 5.10 Å². The second-order valence-corrected chi connectivity index (χ2v) is 3.11. The first-order valence-electron chi connectivity index (χ1n) is 4.47. The molecule has 4 heteroatoms. The molecule has 0 aliphatic rings. The number of nitrogens with zero attached hydrogens (tertiary/aromatic N) is 2. The van der Waals surface area contributed by atoms with E-state index in [1.807, 2.05) is 31.8 Å². The molecule has 0 saturated carbocycles. The van der Waals surface area contributed by atoms with Crippen LogP contribution in [0.15, 0.2) is 6.20 Å². The largest absolute Gasteiger partial charge is 0.372 e. The lowest BCUT2D eigenvalue weighted by molar-refractivity contribution is 0.0713. The van der Waals surface area contributed by atoms with Gasteiger partial charge in [-0.1, -0.05) is 0 Å². The summed E-state index contributed by atoms with van der Waals surface area (Å²) in [4.78, 5) is 0. The number of hydrogen-bond acceptors (Lipinski definition) is 3. The molecule has 0 aromatic carbocycles. The Morgan fingerprint density at radius 1 is 1.69 bits per heavy atom. The molecule has 0 unspecified atom stereocenters. The maximum atomic E-state index is 5.49. The van der Waals surface area contributed by atoms with Crippen molar-refractivity contribution in [3.63, 3.8) is 0 Å². The zero-order valence-corrected chi connectivity index (χ0v) is 8.45. The minimum Gasteiger partial charge on any atom is -0.372 e. The predicted molar refractivity (Wildman–Crippen MR) is 51.4 cm³/mol. The molecule has 0 fully saturated rings. The van der Waals surface area contributed by atoms with Crippen LogP contribution >= 0.6 is 0 Å². The average Bonchev–Trinajstić information content (AvgIpc) is 2.44. The molecule has 2 N–H and O–H groups in total. The maximum absolute atomic E-state index is 5.49. The molecule has 0 aliphatic carbocycles. The molecule has 0 saturated heterocycles. The van der Waals surface area contributed by atoms with Gasteiger partial charge >= 0.3 is 0 Å². The highest BCUT2D eigenvalue weighted by Crippen LogP contribution is 2.19. The highest BCUT2D eigenvalue weighted by Gasteiger charge is 2.11. The van der Waals surface area contributed by atoms with Gasteiger partial charge < -0.3 is 10.5 Å².